The first-order valence-electron chi connectivity index (χ1n) is 12.9. The Morgan fingerprint density at radius 1 is 1.30 bits per heavy atom. The lowest BCUT2D eigenvalue weighted by atomic mass is 9.42. The Morgan fingerprint density at radius 3 is 2.61 bits per heavy atom. The van der Waals surface area contributed by atoms with Crippen LogP contribution in [0.1, 0.15) is 79.1 Å². The number of hydrogen-bond acceptors (Lipinski definition) is 3. The smallest absolute Gasteiger partial charge is 0.315 e. The molecule has 0 aliphatic heterocycles. The van der Waals surface area contributed by atoms with Crippen LogP contribution >= 0.6 is 23.2 Å². The number of rotatable bonds is 10. The van der Waals surface area contributed by atoms with Gasteiger partial charge in [-0.05, 0) is 49.9 Å². The Hall–Kier alpha value is -0.580. The van der Waals surface area contributed by atoms with E-state index in [1.165, 1.54) is 6.42 Å². The van der Waals surface area contributed by atoms with Gasteiger partial charge in [0, 0.05) is 22.9 Å². The van der Waals surface area contributed by atoms with Gasteiger partial charge in [0.25, 0.3) is 0 Å². The van der Waals surface area contributed by atoms with E-state index < -0.39 is 32.0 Å². The molecule has 0 saturated heterocycles. The number of halogens is 2. The highest BCUT2D eigenvalue weighted by Gasteiger charge is 2.98. The molecule has 4 fully saturated rings. The van der Waals surface area contributed by atoms with Gasteiger partial charge in [-0.1, -0.05) is 58.6 Å². The van der Waals surface area contributed by atoms with Gasteiger partial charge in [-0.15, -0.1) is 23.2 Å². The Labute approximate surface area is 207 Å². The number of hydrogen-bond donors (Lipinski definition) is 1. The summed E-state index contributed by atoms with van der Waals surface area (Å²) < 4.78 is 5.40. The predicted octanol–water partition coefficient (Wildman–Crippen LogP) is 6.44. The number of aldehydes is 1. The van der Waals surface area contributed by atoms with Crippen molar-refractivity contribution in [3.63, 3.8) is 0 Å². The second-order valence-electron chi connectivity index (χ2n) is 12.2. The highest BCUT2D eigenvalue weighted by molar-refractivity contribution is 6.52. The molecule has 5 aliphatic carbocycles. The summed E-state index contributed by atoms with van der Waals surface area (Å²) in [5.74, 6) is -0.917. The molecule has 4 nitrogen and oxygen atoms in total. The van der Waals surface area contributed by atoms with Gasteiger partial charge in [-0.25, -0.2) is 0 Å². The van der Waals surface area contributed by atoms with E-state index in [-0.39, 0.29) is 23.2 Å². The molecular weight excluding hydrogens is 459 g/mol. The first-order valence-corrected chi connectivity index (χ1v) is 13.6. The van der Waals surface area contributed by atoms with Gasteiger partial charge in [0.15, 0.2) is 0 Å². The monoisotopic (exact) mass is 496 g/mol. The summed E-state index contributed by atoms with van der Waals surface area (Å²) in [6.07, 6.45) is 10.5. The number of aliphatic carboxylic acids is 1. The zero-order valence-corrected chi connectivity index (χ0v) is 21.9. The van der Waals surface area contributed by atoms with Gasteiger partial charge >= 0.3 is 5.97 Å². The summed E-state index contributed by atoms with van der Waals surface area (Å²) in [6, 6.07) is 0. The number of carbonyl (C=O) groups excluding carboxylic acids is 1. The number of ether oxygens (including phenoxy) is 1. The lowest BCUT2D eigenvalue weighted by molar-refractivity contribution is -0.189. The van der Waals surface area contributed by atoms with Crippen LogP contribution in [0, 0.1) is 44.8 Å². The molecular formula is C27H38Cl2O4. The van der Waals surface area contributed by atoms with Gasteiger partial charge in [0.1, 0.15) is 16.0 Å². The Bertz CT molecular complexity index is 914. The third-order valence-electron chi connectivity index (χ3n) is 11.1. The number of fused-ring (bicyclic) bond motifs is 1. The summed E-state index contributed by atoms with van der Waals surface area (Å²) in [6.45, 7) is 9.43. The highest BCUT2D eigenvalue weighted by Crippen LogP contribution is 2.97. The van der Waals surface area contributed by atoms with Gasteiger partial charge in [0.05, 0.1) is 12.0 Å². The average molecular weight is 498 g/mol. The summed E-state index contributed by atoms with van der Waals surface area (Å²) >= 11 is 14.1. The molecule has 1 spiro atoms. The van der Waals surface area contributed by atoms with E-state index in [4.69, 9.17) is 27.9 Å². The van der Waals surface area contributed by atoms with Crippen LogP contribution in [0.25, 0.3) is 0 Å². The minimum atomic E-state index is -1.24. The summed E-state index contributed by atoms with van der Waals surface area (Å²) in [7, 11) is 0. The topological polar surface area (TPSA) is 63.6 Å². The summed E-state index contributed by atoms with van der Waals surface area (Å²) in [5.41, 5.74) is -2.69. The molecule has 4 unspecified atom stereocenters. The molecule has 0 radical (unpaired) electrons. The van der Waals surface area contributed by atoms with Crippen molar-refractivity contribution in [3.05, 3.63) is 11.6 Å². The molecule has 184 valence electrons. The van der Waals surface area contributed by atoms with Crippen molar-refractivity contribution in [3.8, 4) is 0 Å². The van der Waals surface area contributed by atoms with Crippen molar-refractivity contribution in [2.45, 2.75) is 83.4 Å². The number of unbranched alkanes of at least 4 members (excludes halogenated alkanes) is 3. The molecule has 5 rings (SSSR count). The molecule has 0 amide bonds. The number of allylic oxidation sites excluding steroid dienone is 1. The SMILES string of the molecule is CCCCCCOCC12CC34[C@@H](CC[C@]3(C)C4(Cl)Cl)C3(C=O)CC1C=C(C(C)C)[C@@]23C(=O)O. The van der Waals surface area contributed by atoms with Crippen LogP contribution in [0.2, 0.25) is 0 Å². The number of carbonyl (C=O) groups is 2. The minimum Gasteiger partial charge on any atom is -0.481 e. The first-order chi connectivity index (χ1) is 15.5. The zero-order chi connectivity index (χ0) is 24.1. The lowest BCUT2D eigenvalue weighted by Crippen LogP contribution is -2.65. The van der Waals surface area contributed by atoms with Crippen LogP contribution in [0.5, 0.6) is 0 Å². The second kappa shape index (κ2) is 7.23. The Morgan fingerprint density at radius 2 is 2.03 bits per heavy atom. The van der Waals surface area contributed by atoms with Gasteiger partial charge < -0.3 is 14.6 Å². The van der Waals surface area contributed by atoms with Crippen LogP contribution in [0.4, 0.5) is 0 Å². The molecule has 0 heterocycles. The number of carboxylic acids is 1. The van der Waals surface area contributed by atoms with Crippen molar-refractivity contribution in [2.75, 3.05) is 13.2 Å². The van der Waals surface area contributed by atoms with Gasteiger partial charge in [-0.2, -0.15) is 0 Å². The average Bonchev–Trinajstić information content (AvgIpc) is 3.11. The molecule has 33 heavy (non-hydrogen) atoms. The molecule has 5 aliphatic rings. The molecule has 4 saturated carbocycles. The van der Waals surface area contributed by atoms with E-state index in [0.29, 0.717) is 26.1 Å². The molecule has 6 heteroatoms. The van der Waals surface area contributed by atoms with E-state index in [0.717, 1.165) is 44.0 Å². The van der Waals surface area contributed by atoms with Crippen molar-refractivity contribution < 1.29 is 19.4 Å². The zero-order valence-electron chi connectivity index (χ0n) is 20.4. The minimum absolute atomic E-state index is 0.000741. The fourth-order valence-corrected chi connectivity index (χ4v) is 11.1. The number of alkyl halides is 2. The van der Waals surface area contributed by atoms with Crippen molar-refractivity contribution in [2.24, 2.45) is 44.8 Å². The van der Waals surface area contributed by atoms with E-state index >= 15 is 0 Å². The maximum Gasteiger partial charge on any atom is 0.315 e. The van der Waals surface area contributed by atoms with E-state index in [1.54, 1.807) is 0 Å². The van der Waals surface area contributed by atoms with Gasteiger partial charge in [0.2, 0.25) is 0 Å². The fraction of sp³-hybridized carbons (Fsp3) is 0.852. The summed E-state index contributed by atoms with van der Waals surface area (Å²) in [5, 5.41) is 11.0. The van der Waals surface area contributed by atoms with Crippen molar-refractivity contribution in [1.29, 1.82) is 0 Å². The largest absolute Gasteiger partial charge is 0.481 e. The van der Waals surface area contributed by atoms with Crippen LogP contribution in [0.3, 0.4) is 0 Å². The molecule has 1 N–H and O–H groups in total. The highest BCUT2D eigenvalue weighted by atomic mass is 35.5. The van der Waals surface area contributed by atoms with E-state index in [2.05, 4.69) is 33.8 Å². The summed E-state index contributed by atoms with van der Waals surface area (Å²) in [4.78, 5) is 26.7. The van der Waals surface area contributed by atoms with Crippen LogP contribution in [0.15, 0.2) is 11.6 Å². The van der Waals surface area contributed by atoms with E-state index in [9.17, 15) is 14.7 Å². The molecule has 0 aromatic heterocycles. The predicted molar refractivity (Wildman–Crippen MR) is 129 cm³/mol. The van der Waals surface area contributed by atoms with E-state index in [1.807, 2.05) is 0 Å². The lowest BCUT2D eigenvalue weighted by Gasteiger charge is -2.59. The quantitative estimate of drug-likeness (QED) is 0.163. The number of carboxylic acid groups (broad SMARTS) is 1. The molecule has 0 aromatic rings. The third-order valence-corrected chi connectivity index (χ3v) is 12.6. The maximum atomic E-state index is 13.5. The Balaban J connectivity index is 1.63. The van der Waals surface area contributed by atoms with Crippen LogP contribution in [-0.4, -0.2) is 34.9 Å². The Kier molecular flexibility index (Phi) is 5.29. The molecule has 0 aromatic carbocycles. The normalized spacial score (nSPS) is 47.9. The van der Waals surface area contributed by atoms with Gasteiger partial charge in [-0.3, -0.25) is 4.79 Å². The van der Waals surface area contributed by atoms with Crippen LogP contribution < -0.4 is 0 Å². The maximum absolute atomic E-state index is 13.5. The standard InChI is InChI=1S/C27H38Cl2O4/c1-5-6-7-8-11-33-16-24-14-25-20(9-10-22(25,4)27(25,28)29)23(15-30)13-18(24)12-19(17(2)3)26(23,24)21(31)32/h12,15,17-18,20H,5-11,13-14,16H2,1-4H3,(H,31,32)/t18?,20-,22-,23?,24?,25?,26-/m0/s1. The molecule has 7 atom stereocenters. The molecule has 4 bridgehead atoms. The first kappa shape index (κ1) is 24.1. The van der Waals surface area contributed by atoms with Crippen molar-refractivity contribution >= 4 is 35.5 Å². The third kappa shape index (κ3) is 2.27. The van der Waals surface area contributed by atoms with Crippen molar-refractivity contribution in [1.82, 2.24) is 0 Å². The van der Waals surface area contributed by atoms with Crippen LogP contribution in [-0.2, 0) is 14.3 Å². The second-order valence-corrected chi connectivity index (χ2v) is 13.5. The fourth-order valence-electron chi connectivity index (χ4n) is 9.85.